The molecule has 9 heterocycles. The smallest absolute Gasteiger partial charge is 0.291 e. The van der Waals surface area contributed by atoms with Gasteiger partial charge < -0.3 is 44.4 Å². The molecule has 3 atom stereocenters. The van der Waals surface area contributed by atoms with E-state index in [4.69, 9.17) is 30.8 Å². The number of hydrogen-bond donors (Lipinski definition) is 2. The molecule has 0 spiro atoms. The third-order valence-electron chi connectivity index (χ3n) is 18.6. The first kappa shape index (κ1) is 67.1. The van der Waals surface area contributed by atoms with Crippen LogP contribution in [0.5, 0.6) is 0 Å². The molecular weight excluding hydrogens is 1270 g/mol. The summed E-state index contributed by atoms with van der Waals surface area (Å²) in [4.78, 5) is 87.1. The lowest BCUT2D eigenvalue weighted by atomic mass is 10.0. The van der Waals surface area contributed by atoms with Gasteiger partial charge >= 0.3 is 0 Å². The number of morpholine rings is 3. The highest BCUT2D eigenvalue weighted by Gasteiger charge is 2.27. The van der Waals surface area contributed by atoms with E-state index in [1.165, 1.54) is 0 Å². The monoisotopic (exact) mass is 1340 g/mol. The Balaban J connectivity index is 0.000000133. The number of allylic oxidation sites excluding steroid dienone is 3. The Kier molecular flexibility index (Phi) is 21.0. The molecule has 21 nitrogen and oxygen atoms in total. The van der Waals surface area contributed by atoms with Crippen LogP contribution >= 0.6 is 11.6 Å². The highest BCUT2D eigenvalue weighted by atomic mass is 35.5. The minimum Gasteiger partial charge on any atom is -0.378 e. The van der Waals surface area contributed by atoms with E-state index in [9.17, 15) is 14.4 Å². The summed E-state index contributed by atoms with van der Waals surface area (Å²) in [6.07, 6.45) is 24.9. The van der Waals surface area contributed by atoms with Crippen molar-refractivity contribution in [2.45, 2.75) is 65.1 Å². The maximum atomic E-state index is 13.0. The molecule has 9 aromatic rings. The summed E-state index contributed by atoms with van der Waals surface area (Å²) in [6.45, 7) is 17.5. The minimum absolute atomic E-state index is 0.0731. The van der Waals surface area contributed by atoms with Crippen LogP contribution in [-0.2, 0) is 33.5 Å². The highest BCUT2D eigenvalue weighted by Crippen LogP contribution is 2.37. The molecule has 3 aromatic carbocycles. The number of fused-ring (bicyclic) bond motifs is 3. The van der Waals surface area contributed by atoms with Gasteiger partial charge in [-0.3, -0.25) is 29.3 Å². The van der Waals surface area contributed by atoms with Gasteiger partial charge in [-0.15, -0.1) is 0 Å². The Morgan fingerprint density at radius 2 is 0.808 bits per heavy atom. The van der Waals surface area contributed by atoms with Gasteiger partial charge in [0.05, 0.1) is 111 Å². The number of aromatic nitrogens is 9. The number of ether oxygens (including phenoxy) is 3. The molecule has 3 aliphatic heterocycles. The van der Waals surface area contributed by atoms with Crippen LogP contribution in [0.3, 0.4) is 0 Å². The largest absolute Gasteiger partial charge is 0.378 e. The summed E-state index contributed by atoms with van der Waals surface area (Å²) in [5.41, 5.74) is 19.8. The molecule has 6 aromatic heterocycles. The van der Waals surface area contributed by atoms with Gasteiger partial charge in [0.1, 0.15) is 0 Å². The van der Waals surface area contributed by atoms with Gasteiger partial charge in [-0.1, -0.05) is 102 Å². The van der Waals surface area contributed by atoms with Gasteiger partial charge in [-0.2, -0.15) is 0 Å². The average Bonchev–Trinajstić information content (AvgIpc) is 1.73. The number of nitrogens with zero attached hydrogens (tertiary/aromatic N) is 13. The summed E-state index contributed by atoms with van der Waals surface area (Å²) in [7, 11) is 1.78. The van der Waals surface area contributed by atoms with Gasteiger partial charge in [-0.25, -0.2) is 29.9 Å². The second-order valence-electron chi connectivity index (χ2n) is 25.1. The molecule has 3 fully saturated rings. The van der Waals surface area contributed by atoms with E-state index in [-0.39, 0.29) is 53.3 Å². The van der Waals surface area contributed by atoms with E-state index in [1.807, 2.05) is 113 Å². The number of aryl methyl sites for hydroxylation is 1. The number of carbonyl (C=O) groups excluding carboxylic acids is 3. The van der Waals surface area contributed by atoms with Crippen molar-refractivity contribution < 1.29 is 28.6 Å². The molecule has 504 valence electrons. The van der Waals surface area contributed by atoms with Gasteiger partial charge in [-0.05, 0) is 91.4 Å². The van der Waals surface area contributed by atoms with Gasteiger partial charge in [0.25, 0.3) is 17.7 Å². The van der Waals surface area contributed by atoms with Crippen LogP contribution in [-0.4, -0.2) is 153 Å². The molecule has 99 heavy (non-hydrogen) atoms. The Morgan fingerprint density at radius 3 is 1.19 bits per heavy atom. The van der Waals surface area contributed by atoms with E-state index in [1.54, 1.807) is 55.2 Å². The quantitative estimate of drug-likeness (QED) is 0.0971. The zero-order chi connectivity index (χ0) is 68.4. The summed E-state index contributed by atoms with van der Waals surface area (Å²) in [5, 5.41) is 6.54. The highest BCUT2D eigenvalue weighted by molar-refractivity contribution is 6.30. The zero-order valence-corrected chi connectivity index (χ0v) is 56.9. The number of pyridine rings is 3. The first-order valence-electron chi connectivity index (χ1n) is 33.6. The molecule has 22 heteroatoms. The molecule has 0 unspecified atom stereocenters. The van der Waals surface area contributed by atoms with Crippen LogP contribution < -0.4 is 25.3 Å². The van der Waals surface area contributed by atoms with Gasteiger partial charge in [0.2, 0.25) is 17.5 Å². The number of benzene rings is 3. The Morgan fingerprint density at radius 1 is 0.444 bits per heavy atom. The Hall–Kier alpha value is -10.5. The van der Waals surface area contributed by atoms with E-state index < -0.39 is 0 Å². The third-order valence-corrected chi connectivity index (χ3v) is 18.9. The summed E-state index contributed by atoms with van der Waals surface area (Å²) in [6, 6.07) is 31.6. The first-order valence-corrected chi connectivity index (χ1v) is 34.0. The molecule has 15 rings (SSSR count). The second-order valence-corrected chi connectivity index (χ2v) is 25.5. The van der Waals surface area contributed by atoms with Crippen LogP contribution in [0.15, 0.2) is 171 Å². The molecule has 3 aliphatic carbocycles. The maximum absolute atomic E-state index is 13.0. The lowest BCUT2D eigenvalue weighted by molar-refractivity contribution is 0.0729. The van der Waals surface area contributed by atoms with Crippen LogP contribution in [0.1, 0.15) is 143 Å². The summed E-state index contributed by atoms with van der Waals surface area (Å²) >= 11 is 6.06. The number of amides is 3. The van der Waals surface area contributed by atoms with Gasteiger partial charge in [0.15, 0.2) is 0 Å². The molecule has 0 radical (unpaired) electrons. The van der Waals surface area contributed by atoms with Gasteiger partial charge in [0, 0.05) is 141 Å². The van der Waals surface area contributed by atoms with Crippen LogP contribution in [0.2, 0.25) is 5.02 Å². The van der Waals surface area contributed by atoms with Crippen molar-refractivity contribution in [1.82, 2.24) is 60.4 Å². The minimum atomic E-state index is -0.328. The maximum Gasteiger partial charge on any atom is 0.291 e. The van der Waals surface area contributed by atoms with Crippen molar-refractivity contribution in [3.05, 3.63) is 266 Å². The topological polar surface area (TPSA) is 232 Å². The second kappa shape index (κ2) is 31.0. The number of anilines is 3. The number of carbonyl (C=O) groups is 3. The van der Waals surface area contributed by atoms with Crippen molar-refractivity contribution in [2.75, 3.05) is 101 Å². The number of halogens is 1. The lowest BCUT2D eigenvalue weighted by Gasteiger charge is -2.29. The first-order chi connectivity index (χ1) is 48.3. The standard InChI is InChI=1S/2C26H27N5O2.C25H24ClN5O2/c1-17-4-3-5-19(12-17)18(2)30-26(32)25-28-14-20(15-29-25)22-6-7-24-23(22)13-21(16-27-24)31-8-10-33-11-9-31;1-18(19-6-4-3-5-7-19)30(2)26(32)25-28-15-20(16-29-25)22-8-9-24-23(22)14-21(17-27-24)31-10-12-33-13-11-31;1-16(17-3-2-4-19(26)11-17)30-25(32)24-28-13-18(14-29-24)21-5-6-23-22(21)12-20(15-27-23)31-7-9-33-10-8-31/h3-6,12-16,18H,7-11H2,1-2H3,(H,30,32);3-8,14-18H,9-13H2,1-2H3;2-5,11-16H,6-10H2,1H3,(H,30,32)/t2*18-;16-/m111/s1. The molecule has 2 N–H and O–H groups in total. The molecule has 3 amide bonds. The van der Waals surface area contributed by atoms with Crippen molar-refractivity contribution in [3.63, 3.8) is 0 Å². The van der Waals surface area contributed by atoms with Crippen molar-refractivity contribution >= 4 is 63.1 Å². The molecular formula is C77H78ClN15O6. The SMILES string of the molecule is C[C@@H](NC(=O)c1ncc(C2=CCc3ncc(N4CCOCC4)cc32)cn1)c1cccc(Cl)c1.C[C@H](c1ccccc1)N(C)C(=O)c1ncc(C2=CCc3ncc(N4CCOCC4)cc32)cn1.Cc1cccc([C@@H](C)NC(=O)c2ncc(C3=CCc4ncc(N5CCOCC5)cc43)cn2)c1. The van der Waals surface area contributed by atoms with E-state index in [0.717, 1.165) is 205 Å². The van der Waals surface area contributed by atoms with E-state index in [0.29, 0.717) is 5.02 Å². The van der Waals surface area contributed by atoms with E-state index >= 15 is 0 Å². The average molecular weight is 1350 g/mol. The Bertz CT molecular complexity index is 4290. The number of rotatable bonds is 15. The predicted octanol–water partition coefficient (Wildman–Crippen LogP) is 10.9. The number of hydrogen-bond acceptors (Lipinski definition) is 18. The summed E-state index contributed by atoms with van der Waals surface area (Å²) in [5.74, 6) is -0.319. The molecule has 0 bridgehead atoms. The van der Waals surface area contributed by atoms with Crippen LogP contribution in [0, 0.1) is 6.92 Å². The molecule has 3 saturated heterocycles. The third kappa shape index (κ3) is 15.8. The van der Waals surface area contributed by atoms with Crippen LogP contribution in [0.4, 0.5) is 17.1 Å². The van der Waals surface area contributed by atoms with Crippen molar-refractivity contribution in [3.8, 4) is 0 Å². The van der Waals surface area contributed by atoms with Crippen molar-refractivity contribution in [1.29, 1.82) is 0 Å². The van der Waals surface area contributed by atoms with Crippen LogP contribution in [0.25, 0.3) is 16.7 Å². The zero-order valence-electron chi connectivity index (χ0n) is 56.1. The predicted molar refractivity (Wildman–Crippen MR) is 382 cm³/mol. The van der Waals surface area contributed by atoms with Crippen molar-refractivity contribution in [2.24, 2.45) is 0 Å². The molecule has 0 saturated carbocycles. The number of nitrogens with one attached hydrogen (secondary N) is 2. The summed E-state index contributed by atoms with van der Waals surface area (Å²) < 4.78 is 16.4. The Labute approximate surface area is 581 Å². The lowest BCUT2D eigenvalue weighted by Crippen LogP contribution is -2.36. The molecule has 6 aliphatic rings. The normalized spacial score (nSPS) is 16.2. The fraction of sp³-hybridized carbons (Fsp3) is 0.299. The fourth-order valence-electron chi connectivity index (χ4n) is 12.8. The fourth-order valence-corrected chi connectivity index (χ4v) is 13.0. The van der Waals surface area contributed by atoms with E-state index in [2.05, 4.69) is 108 Å².